The number of hydrogen-bond acceptors (Lipinski definition) is 4. The summed E-state index contributed by atoms with van der Waals surface area (Å²) in [6, 6.07) is -0.900. The first kappa shape index (κ1) is 18.2. The molecule has 2 rings (SSSR count). The van der Waals surface area contributed by atoms with Crippen LogP contribution < -0.4 is 5.32 Å². The van der Waals surface area contributed by atoms with Gasteiger partial charge in [0.25, 0.3) is 0 Å². The van der Waals surface area contributed by atoms with E-state index in [0.717, 1.165) is 38.5 Å². The van der Waals surface area contributed by atoms with Crippen molar-refractivity contribution in [2.45, 2.75) is 76.5 Å². The fourth-order valence-corrected chi connectivity index (χ4v) is 3.41. The van der Waals surface area contributed by atoms with Gasteiger partial charge >= 0.3 is 5.97 Å². The zero-order valence-corrected chi connectivity index (χ0v) is 14.0. The van der Waals surface area contributed by atoms with Crippen LogP contribution in [0, 0.1) is 5.92 Å². The fourth-order valence-electron chi connectivity index (χ4n) is 3.41. The summed E-state index contributed by atoms with van der Waals surface area (Å²) < 4.78 is 11.2. The lowest BCUT2D eigenvalue weighted by atomic mass is 9.93. The number of carbonyl (C=O) groups excluding carboxylic acids is 1. The predicted octanol–water partition coefficient (Wildman–Crippen LogP) is 2.11. The van der Waals surface area contributed by atoms with E-state index in [1.165, 1.54) is 12.8 Å². The number of carboxylic acid groups (broad SMARTS) is 1. The molecule has 0 bridgehead atoms. The molecular weight excluding hydrogens is 298 g/mol. The highest BCUT2D eigenvalue weighted by Crippen LogP contribution is 2.21. The Kier molecular flexibility index (Phi) is 7.30. The minimum absolute atomic E-state index is 0.111. The largest absolute Gasteiger partial charge is 0.480 e. The SMILES string of the molecule is CC(OC1CCCCCC1)C(=O)NC(C(=O)O)C1CCCOC1. The van der Waals surface area contributed by atoms with Crippen LogP contribution in [0.2, 0.25) is 0 Å². The van der Waals surface area contributed by atoms with Crippen LogP contribution in [-0.4, -0.2) is 48.4 Å². The summed E-state index contributed by atoms with van der Waals surface area (Å²) >= 11 is 0. The molecule has 2 aliphatic rings. The minimum atomic E-state index is -1.00. The summed E-state index contributed by atoms with van der Waals surface area (Å²) in [5.74, 6) is -1.52. The summed E-state index contributed by atoms with van der Waals surface area (Å²) in [6.45, 7) is 2.75. The van der Waals surface area contributed by atoms with E-state index in [1.807, 2.05) is 0 Å². The van der Waals surface area contributed by atoms with Gasteiger partial charge in [0.05, 0.1) is 12.7 Å². The monoisotopic (exact) mass is 327 g/mol. The molecule has 1 heterocycles. The zero-order chi connectivity index (χ0) is 16.7. The normalized spacial score (nSPS) is 26.0. The second-order valence-electron chi connectivity index (χ2n) is 6.69. The molecule has 1 aliphatic heterocycles. The maximum atomic E-state index is 12.3. The smallest absolute Gasteiger partial charge is 0.326 e. The summed E-state index contributed by atoms with van der Waals surface area (Å²) in [5.41, 5.74) is 0. The van der Waals surface area contributed by atoms with Crippen molar-refractivity contribution in [3.8, 4) is 0 Å². The van der Waals surface area contributed by atoms with Gasteiger partial charge in [-0.25, -0.2) is 4.79 Å². The lowest BCUT2D eigenvalue weighted by molar-refractivity contribution is -0.148. The van der Waals surface area contributed by atoms with Gasteiger partial charge in [0.15, 0.2) is 0 Å². The number of aliphatic carboxylic acids is 1. The first-order valence-electron chi connectivity index (χ1n) is 8.84. The highest BCUT2D eigenvalue weighted by Gasteiger charge is 2.33. The van der Waals surface area contributed by atoms with Crippen molar-refractivity contribution < 1.29 is 24.2 Å². The van der Waals surface area contributed by atoms with E-state index in [4.69, 9.17) is 9.47 Å². The highest BCUT2D eigenvalue weighted by atomic mass is 16.5. The minimum Gasteiger partial charge on any atom is -0.480 e. The van der Waals surface area contributed by atoms with Crippen molar-refractivity contribution in [1.82, 2.24) is 5.32 Å². The number of carboxylic acids is 1. The van der Waals surface area contributed by atoms with Gasteiger partial charge in [0, 0.05) is 12.5 Å². The Morgan fingerprint density at radius 2 is 1.83 bits per heavy atom. The Balaban J connectivity index is 1.85. The van der Waals surface area contributed by atoms with E-state index in [2.05, 4.69) is 5.32 Å². The molecule has 2 fully saturated rings. The quantitative estimate of drug-likeness (QED) is 0.730. The highest BCUT2D eigenvalue weighted by molar-refractivity contribution is 5.86. The van der Waals surface area contributed by atoms with Crippen LogP contribution in [0.1, 0.15) is 58.3 Å². The van der Waals surface area contributed by atoms with Gasteiger partial charge in [-0.15, -0.1) is 0 Å². The van der Waals surface area contributed by atoms with Gasteiger partial charge in [-0.2, -0.15) is 0 Å². The van der Waals surface area contributed by atoms with Gasteiger partial charge in [-0.05, 0) is 32.6 Å². The molecule has 0 radical (unpaired) electrons. The molecule has 3 unspecified atom stereocenters. The molecule has 2 N–H and O–H groups in total. The molecule has 0 spiro atoms. The summed E-state index contributed by atoms with van der Waals surface area (Å²) in [4.78, 5) is 23.8. The third-order valence-corrected chi connectivity index (χ3v) is 4.80. The van der Waals surface area contributed by atoms with Crippen LogP contribution in [0.4, 0.5) is 0 Å². The topological polar surface area (TPSA) is 84.9 Å². The number of rotatable bonds is 6. The molecule has 1 saturated heterocycles. The van der Waals surface area contributed by atoms with Gasteiger partial charge in [-0.3, -0.25) is 4.79 Å². The molecule has 6 heteroatoms. The molecule has 1 amide bonds. The molecular formula is C17H29NO5. The third-order valence-electron chi connectivity index (χ3n) is 4.80. The zero-order valence-electron chi connectivity index (χ0n) is 14.0. The van der Waals surface area contributed by atoms with E-state index < -0.39 is 18.1 Å². The van der Waals surface area contributed by atoms with Crippen LogP contribution >= 0.6 is 0 Å². The second kappa shape index (κ2) is 9.23. The predicted molar refractivity (Wildman–Crippen MR) is 85.1 cm³/mol. The Morgan fingerprint density at radius 1 is 1.13 bits per heavy atom. The van der Waals surface area contributed by atoms with Gasteiger partial charge in [0.1, 0.15) is 12.1 Å². The number of carbonyl (C=O) groups is 2. The van der Waals surface area contributed by atoms with Crippen LogP contribution in [-0.2, 0) is 19.1 Å². The third kappa shape index (κ3) is 5.77. The number of ether oxygens (including phenoxy) is 2. The lowest BCUT2D eigenvalue weighted by Gasteiger charge is -2.29. The summed E-state index contributed by atoms with van der Waals surface area (Å²) in [7, 11) is 0. The molecule has 6 nitrogen and oxygen atoms in total. The fraction of sp³-hybridized carbons (Fsp3) is 0.882. The molecule has 1 saturated carbocycles. The second-order valence-corrected chi connectivity index (χ2v) is 6.69. The average molecular weight is 327 g/mol. The van der Waals surface area contributed by atoms with Crippen molar-refractivity contribution in [3.05, 3.63) is 0 Å². The van der Waals surface area contributed by atoms with Gasteiger partial charge in [-0.1, -0.05) is 25.7 Å². The van der Waals surface area contributed by atoms with E-state index in [-0.39, 0.29) is 17.9 Å². The van der Waals surface area contributed by atoms with Crippen LogP contribution in [0.3, 0.4) is 0 Å². The first-order valence-corrected chi connectivity index (χ1v) is 8.84. The van der Waals surface area contributed by atoms with Crippen molar-refractivity contribution in [2.75, 3.05) is 13.2 Å². The number of nitrogens with one attached hydrogen (secondary N) is 1. The molecule has 3 atom stereocenters. The van der Waals surface area contributed by atoms with E-state index >= 15 is 0 Å². The van der Waals surface area contributed by atoms with Crippen molar-refractivity contribution in [2.24, 2.45) is 5.92 Å². The van der Waals surface area contributed by atoms with E-state index in [9.17, 15) is 14.7 Å². The van der Waals surface area contributed by atoms with Crippen molar-refractivity contribution >= 4 is 11.9 Å². The number of hydrogen-bond donors (Lipinski definition) is 2. The lowest BCUT2D eigenvalue weighted by Crippen LogP contribution is -2.51. The standard InChI is InChI=1S/C17H29NO5/c1-12(23-14-8-4-2-3-5-9-14)16(19)18-15(17(20)21)13-7-6-10-22-11-13/h12-15H,2-11H2,1H3,(H,18,19)(H,20,21). The maximum Gasteiger partial charge on any atom is 0.326 e. The molecule has 0 aromatic carbocycles. The van der Waals surface area contributed by atoms with Crippen LogP contribution in [0.5, 0.6) is 0 Å². The maximum absolute atomic E-state index is 12.3. The molecule has 132 valence electrons. The Hall–Kier alpha value is -1.14. The molecule has 0 aromatic rings. The number of amides is 1. The van der Waals surface area contributed by atoms with Crippen LogP contribution in [0.25, 0.3) is 0 Å². The van der Waals surface area contributed by atoms with Gasteiger partial charge in [0.2, 0.25) is 5.91 Å². The Morgan fingerprint density at radius 3 is 2.39 bits per heavy atom. The summed E-state index contributed by atoms with van der Waals surface area (Å²) in [5, 5.41) is 12.1. The summed E-state index contributed by atoms with van der Waals surface area (Å²) in [6.07, 6.45) is 7.77. The molecule has 23 heavy (non-hydrogen) atoms. The van der Waals surface area contributed by atoms with Crippen molar-refractivity contribution in [1.29, 1.82) is 0 Å². The van der Waals surface area contributed by atoms with Crippen LogP contribution in [0.15, 0.2) is 0 Å². The Labute approximate surface area is 137 Å². The first-order chi connectivity index (χ1) is 11.1. The molecule has 0 aromatic heterocycles. The van der Waals surface area contributed by atoms with Crippen molar-refractivity contribution in [3.63, 3.8) is 0 Å². The Bertz CT molecular complexity index is 386. The van der Waals surface area contributed by atoms with Gasteiger partial charge < -0.3 is 19.9 Å². The van der Waals surface area contributed by atoms with E-state index in [0.29, 0.717) is 13.2 Å². The molecule has 1 aliphatic carbocycles. The average Bonchev–Trinajstić information content (AvgIpc) is 2.81. The van der Waals surface area contributed by atoms with E-state index in [1.54, 1.807) is 6.92 Å².